The quantitative estimate of drug-likeness (QED) is 0.636. The smallest absolute Gasteiger partial charge is 0.426 e. The molecule has 152 valence electrons. The number of carbonyl (C=O) groups excluding carboxylic acids is 2. The van der Waals surface area contributed by atoms with Crippen LogP contribution in [-0.2, 0) is 15.1 Å². The first-order valence-electron chi connectivity index (χ1n) is 8.43. The highest BCUT2D eigenvalue weighted by Gasteiger charge is 2.65. The molecule has 1 heterocycles. The van der Waals surface area contributed by atoms with Crippen LogP contribution in [0.25, 0.3) is 10.9 Å². The van der Waals surface area contributed by atoms with Crippen molar-refractivity contribution >= 4 is 22.8 Å². The van der Waals surface area contributed by atoms with Crippen molar-refractivity contribution in [2.24, 2.45) is 0 Å². The van der Waals surface area contributed by atoms with Gasteiger partial charge in [0.1, 0.15) is 5.75 Å². The number of hydrogen-bond donors (Lipinski definition) is 2. The molecular weight excluding hydrogens is 389 g/mol. The van der Waals surface area contributed by atoms with Crippen molar-refractivity contribution in [2.75, 3.05) is 14.2 Å². The lowest BCUT2D eigenvalue weighted by Gasteiger charge is -2.33. The summed E-state index contributed by atoms with van der Waals surface area (Å²) in [6.07, 6.45) is -4.15. The Bertz CT molecular complexity index is 1060. The molecule has 0 aliphatic rings. The van der Waals surface area contributed by atoms with Crippen LogP contribution < -0.4 is 10.1 Å². The summed E-state index contributed by atoms with van der Waals surface area (Å²) < 4.78 is 52.6. The maximum atomic E-state index is 14.4. The summed E-state index contributed by atoms with van der Waals surface area (Å²) in [5, 5.41) is 2.00. The Hall–Kier alpha value is -3.49. The van der Waals surface area contributed by atoms with Gasteiger partial charge in [-0.15, -0.1) is 0 Å². The number of rotatable bonds is 5. The number of halogens is 3. The summed E-state index contributed by atoms with van der Waals surface area (Å²) in [6.45, 7) is 0. The van der Waals surface area contributed by atoms with E-state index < -0.39 is 29.2 Å². The third-order valence-corrected chi connectivity index (χ3v) is 4.54. The number of nitrogens with one attached hydrogen (secondary N) is 2. The third-order valence-electron chi connectivity index (χ3n) is 4.54. The molecule has 2 aromatic carbocycles. The molecule has 0 saturated heterocycles. The number of carbonyl (C=O) groups is 2. The largest absolute Gasteiger partial charge is 0.497 e. The number of para-hydroxylation sites is 1. The van der Waals surface area contributed by atoms with Crippen molar-refractivity contribution in [1.82, 2.24) is 10.3 Å². The van der Waals surface area contributed by atoms with Gasteiger partial charge in [0.15, 0.2) is 0 Å². The van der Waals surface area contributed by atoms with Crippen molar-refractivity contribution in [2.45, 2.75) is 11.7 Å². The first-order chi connectivity index (χ1) is 13.7. The van der Waals surface area contributed by atoms with Crippen LogP contribution in [0.3, 0.4) is 0 Å². The Morgan fingerprint density at radius 1 is 1.03 bits per heavy atom. The Morgan fingerprint density at radius 3 is 2.41 bits per heavy atom. The van der Waals surface area contributed by atoms with Crippen molar-refractivity contribution in [3.05, 3.63) is 65.9 Å². The normalized spacial score (nSPS) is 13.6. The number of fused-ring (bicyclic) bond motifs is 1. The number of amides is 1. The number of alkyl halides is 3. The second kappa shape index (κ2) is 7.50. The lowest BCUT2D eigenvalue weighted by Crippen LogP contribution is -2.61. The van der Waals surface area contributed by atoms with Crippen LogP contribution in [0.5, 0.6) is 5.75 Å². The Labute approximate surface area is 163 Å². The first kappa shape index (κ1) is 20.2. The fourth-order valence-corrected chi connectivity index (χ4v) is 3.11. The second-order valence-corrected chi connectivity index (χ2v) is 6.17. The molecule has 3 aromatic rings. The average Bonchev–Trinajstić information content (AvgIpc) is 3.14. The predicted molar refractivity (Wildman–Crippen MR) is 98.5 cm³/mol. The predicted octanol–water partition coefficient (Wildman–Crippen LogP) is 3.54. The number of H-pyrrole nitrogens is 1. The fourth-order valence-electron chi connectivity index (χ4n) is 3.11. The summed E-state index contributed by atoms with van der Waals surface area (Å²) >= 11 is 0. The molecule has 1 atom stereocenters. The van der Waals surface area contributed by atoms with Crippen LogP contribution in [0.1, 0.15) is 15.9 Å². The molecule has 0 unspecified atom stereocenters. The highest BCUT2D eigenvalue weighted by atomic mass is 19.4. The monoisotopic (exact) mass is 406 g/mol. The van der Waals surface area contributed by atoms with E-state index in [1.807, 2.05) is 5.32 Å². The highest BCUT2D eigenvalue weighted by molar-refractivity contribution is 6.01. The second-order valence-electron chi connectivity index (χ2n) is 6.17. The van der Waals surface area contributed by atoms with Gasteiger partial charge < -0.3 is 19.8 Å². The van der Waals surface area contributed by atoms with E-state index in [2.05, 4.69) is 9.72 Å². The molecule has 0 fully saturated rings. The minimum atomic E-state index is -5.19. The zero-order valence-electron chi connectivity index (χ0n) is 15.5. The van der Waals surface area contributed by atoms with Gasteiger partial charge in [-0.25, -0.2) is 4.79 Å². The Morgan fingerprint density at radius 2 is 1.76 bits per heavy atom. The molecular formula is C20H17F3N2O4. The van der Waals surface area contributed by atoms with Crippen molar-refractivity contribution in [1.29, 1.82) is 0 Å². The number of hydrogen-bond acceptors (Lipinski definition) is 4. The number of ether oxygens (including phenoxy) is 2. The van der Waals surface area contributed by atoms with E-state index in [0.717, 1.165) is 13.3 Å². The van der Waals surface area contributed by atoms with Gasteiger partial charge in [-0.3, -0.25) is 4.79 Å². The van der Waals surface area contributed by atoms with Crippen molar-refractivity contribution < 1.29 is 32.2 Å². The minimum absolute atomic E-state index is 0.110. The molecule has 3 rings (SSSR count). The topological polar surface area (TPSA) is 80.4 Å². The first-order valence-corrected chi connectivity index (χ1v) is 8.43. The van der Waals surface area contributed by atoms with Crippen molar-refractivity contribution in [3.63, 3.8) is 0 Å². The maximum absolute atomic E-state index is 14.4. The molecule has 0 radical (unpaired) electrons. The Balaban J connectivity index is 2.20. The van der Waals surface area contributed by atoms with Gasteiger partial charge in [-0.05, 0) is 24.3 Å². The average molecular weight is 406 g/mol. The van der Waals surface area contributed by atoms with Gasteiger partial charge in [0.2, 0.25) is 0 Å². The fraction of sp³-hybridized carbons (Fsp3) is 0.200. The number of aromatic nitrogens is 1. The SMILES string of the molecule is COC(=O)[C@@](NC(=O)c1cccc(OC)c1)(c1c[nH]c2ccccc12)C(F)(F)F. The van der Waals surface area contributed by atoms with Gasteiger partial charge >= 0.3 is 12.1 Å². The molecule has 0 aliphatic carbocycles. The summed E-state index contributed by atoms with van der Waals surface area (Å²) in [6, 6.07) is 11.7. The molecule has 0 aliphatic heterocycles. The van der Waals surface area contributed by atoms with Crippen LogP contribution in [0, 0.1) is 0 Å². The zero-order valence-corrected chi connectivity index (χ0v) is 15.5. The minimum Gasteiger partial charge on any atom is -0.497 e. The summed E-state index contributed by atoms with van der Waals surface area (Å²) in [5.74, 6) is -2.50. The highest BCUT2D eigenvalue weighted by Crippen LogP contribution is 2.43. The zero-order chi connectivity index (χ0) is 21.2. The molecule has 2 N–H and O–H groups in total. The number of aromatic amines is 1. The molecule has 9 heteroatoms. The summed E-state index contributed by atoms with van der Waals surface area (Å²) in [4.78, 5) is 28.0. The van der Waals surface area contributed by atoms with E-state index in [4.69, 9.17) is 4.74 Å². The molecule has 0 saturated carbocycles. The van der Waals surface area contributed by atoms with E-state index in [-0.39, 0.29) is 16.7 Å². The van der Waals surface area contributed by atoms with Gasteiger partial charge in [0, 0.05) is 28.2 Å². The molecule has 1 aromatic heterocycles. The standard InChI is InChI=1S/C20H17F3N2O4/c1-28-13-7-5-6-12(10-13)17(26)25-19(18(27)29-2,20(21,22)23)15-11-24-16-9-4-3-8-14(15)16/h3-11,24H,1-2H3,(H,25,26)/t19-/m0/s1. The molecule has 1 amide bonds. The van der Waals surface area contributed by atoms with Crippen LogP contribution in [0.4, 0.5) is 13.2 Å². The van der Waals surface area contributed by atoms with Crippen LogP contribution in [-0.4, -0.2) is 37.3 Å². The van der Waals surface area contributed by atoms with Gasteiger partial charge in [0.25, 0.3) is 11.4 Å². The number of methoxy groups -OCH3 is 2. The van der Waals surface area contributed by atoms with Crippen LogP contribution >= 0.6 is 0 Å². The van der Waals surface area contributed by atoms with E-state index >= 15 is 0 Å². The molecule has 29 heavy (non-hydrogen) atoms. The lowest BCUT2D eigenvalue weighted by atomic mass is 9.88. The molecule has 0 spiro atoms. The third kappa shape index (κ3) is 3.39. The van der Waals surface area contributed by atoms with E-state index in [0.29, 0.717) is 5.52 Å². The summed E-state index contributed by atoms with van der Waals surface area (Å²) in [5.41, 5.74) is -3.62. The van der Waals surface area contributed by atoms with Crippen LogP contribution in [0.2, 0.25) is 0 Å². The number of benzene rings is 2. The molecule has 6 nitrogen and oxygen atoms in total. The van der Waals surface area contributed by atoms with Gasteiger partial charge in [-0.1, -0.05) is 24.3 Å². The van der Waals surface area contributed by atoms with Crippen LogP contribution in [0.15, 0.2) is 54.7 Å². The van der Waals surface area contributed by atoms with Gasteiger partial charge in [0.05, 0.1) is 14.2 Å². The van der Waals surface area contributed by atoms with Gasteiger partial charge in [-0.2, -0.15) is 13.2 Å². The maximum Gasteiger partial charge on any atom is 0.426 e. The van der Waals surface area contributed by atoms with E-state index in [1.165, 1.54) is 43.5 Å². The summed E-state index contributed by atoms with van der Waals surface area (Å²) in [7, 11) is 2.19. The van der Waals surface area contributed by atoms with E-state index in [9.17, 15) is 22.8 Å². The Kier molecular flexibility index (Phi) is 5.23. The molecule has 0 bridgehead atoms. The van der Waals surface area contributed by atoms with E-state index in [1.54, 1.807) is 12.1 Å². The van der Waals surface area contributed by atoms with Crippen molar-refractivity contribution in [3.8, 4) is 5.75 Å². The lowest BCUT2D eigenvalue weighted by molar-refractivity contribution is -0.212. The number of esters is 1.